The Labute approximate surface area is 98.7 Å². The second-order valence-electron chi connectivity index (χ2n) is 4.30. The van der Waals surface area contributed by atoms with E-state index >= 15 is 0 Å². The van der Waals surface area contributed by atoms with Crippen LogP contribution < -0.4 is 10.6 Å². The van der Waals surface area contributed by atoms with Crippen molar-refractivity contribution in [2.24, 2.45) is 0 Å². The van der Waals surface area contributed by atoms with Gasteiger partial charge in [-0.15, -0.1) is 10.2 Å². The summed E-state index contributed by atoms with van der Waals surface area (Å²) >= 11 is 1.40. The third kappa shape index (κ3) is 2.38. The minimum absolute atomic E-state index is 0.0108. The van der Waals surface area contributed by atoms with Crippen LogP contribution in [0.15, 0.2) is 0 Å². The van der Waals surface area contributed by atoms with E-state index in [0.717, 1.165) is 30.8 Å². The number of nitrogens with one attached hydrogen (secondary N) is 2. The average molecular weight is 240 g/mol. The van der Waals surface area contributed by atoms with Crippen LogP contribution in [0.3, 0.4) is 0 Å². The number of nitrogens with zero attached hydrogens (tertiary/aromatic N) is 2. The van der Waals surface area contributed by atoms with E-state index < -0.39 is 5.54 Å². The second-order valence-corrected chi connectivity index (χ2v) is 5.48. The molecule has 1 saturated heterocycles. The highest BCUT2D eigenvalue weighted by atomic mass is 32.1. The molecule has 1 aliphatic rings. The van der Waals surface area contributed by atoms with Gasteiger partial charge < -0.3 is 5.32 Å². The molecule has 1 amide bonds. The van der Waals surface area contributed by atoms with Gasteiger partial charge in [-0.3, -0.25) is 10.1 Å². The number of carbonyl (C=O) groups excluding carboxylic acids is 1. The van der Waals surface area contributed by atoms with Crippen LogP contribution in [0.5, 0.6) is 0 Å². The molecule has 16 heavy (non-hydrogen) atoms. The Hall–Kier alpha value is -1.01. The van der Waals surface area contributed by atoms with Crippen molar-refractivity contribution in [3.05, 3.63) is 5.01 Å². The van der Waals surface area contributed by atoms with Crippen molar-refractivity contribution in [1.29, 1.82) is 0 Å². The molecule has 1 fully saturated rings. The van der Waals surface area contributed by atoms with Crippen molar-refractivity contribution in [3.63, 3.8) is 0 Å². The van der Waals surface area contributed by atoms with Crippen LogP contribution in [0, 0.1) is 6.92 Å². The van der Waals surface area contributed by atoms with Gasteiger partial charge in [0.2, 0.25) is 11.0 Å². The number of hydrogen-bond acceptors (Lipinski definition) is 5. The summed E-state index contributed by atoms with van der Waals surface area (Å²) in [5.41, 5.74) is -0.460. The van der Waals surface area contributed by atoms with Gasteiger partial charge >= 0.3 is 0 Å². The lowest BCUT2D eigenvalue weighted by molar-refractivity contribution is -0.122. The zero-order valence-corrected chi connectivity index (χ0v) is 10.4. The van der Waals surface area contributed by atoms with E-state index in [1.807, 2.05) is 13.8 Å². The van der Waals surface area contributed by atoms with Crippen molar-refractivity contribution < 1.29 is 4.79 Å². The Morgan fingerprint density at radius 3 is 2.88 bits per heavy atom. The summed E-state index contributed by atoms with van der Waals surface area (Å²) in [5.74, 6) is -0.0108. The fourth-order valence-corrected chi connectivity index (χ4v) is 2.42. The number of piperidine rings is 1. The number of carbonyl (C=O) groups is 1. The fraction of sp³-hybridized carbons (Fsp3) is 0.700. The van der Waals surface area contributed by atoms with Crippen LogP contribution in [0.2, 0.25) is 0 Å². The third-order valence-corrected chi connectivity index (χ3v) is 3.62. The summed E-state index contributed by atoms with van der Waals surface area (Å²) in [6.07, 6.45) is 3.10. The average Bonchev–Trinajstić information content (AvgIpc) is 2.65. The Morgan fingerprint density at radius 1 is 1.50 bits per heavy atom. The van der Waals surface area contributed by atoms with E-state index in [4.69, 9.17) is 0 Å². The van der Waals surface area contributed by atoms with Gasteiger partial charge in [-0.05, 0) is 39.7 Å². The van der Waals surface area contributed by atoms with E-state index in [0.29, 0.717) is 5.13 Å². The fourth-order valence-electron chi connectivity index (χ4n) is 1.83. The van der Waals surface area contributed by atoms with Gasteiger partial charge in [0.1, 0.15) is 5.01 Å². The molecule has 2 heterocycles. The number of rotatable bonds is 2. The molecule has 0 bridgehead atoms. The first kappa shape index (κ1) is 11.5. The van der Waals surface area contributed by atoms with Crippen molar-refractivity contribution in [3.8, 4) is 0 Å². The molecule has 2 rings (SSSR count). The molecule has 1 aliphatic heterocycles. The maximum atomic E-state index is 12.1. The summed E-state index contributed by atoms with van der Waals surface area (Å²) in [7, 11) is 0. The topological polar surface area (TPSA) is 66.9 Å². The molecule has 1 atom stereocenters. The number of amides is 1. The van der Waals surface area contributed by atoms with Crippen molar-refractivity contribution in [2.45, 2.75) is 38.6 Å². The highest BCUT2D eigenvalue weighted by Gasteiger charge is 2.34. The number of hydrogen-bond donors (Lipinski definition) is 2. The van der Waals surface area contributed by atoms with Gasteiger partial charge in [-0.1, -0.05) is 11.3 Å². The lowest BCUT2D eigenvalue weighted by Crippen LogP contribution is -2.54. The molecule has 0 aliphatic carbocycles. The van der Waals surface area contributed by atoms with Crippen LogP contribution >= 0.6 is 11.3 Å². The van der Waals surface area contributed by atoms with E-state index in [-0.39, 0.29) is 5.91 Å². The van der Waals surface area contributed by atoms with Gasteiger partial charge in [0.25, 0.3) is 0 Å². The maximum absolute atomic E-state index is 12.1. The first-order valence-electron chi connectivity index (χ1n) is 5.47. The summed E-state index contributed by atoms with van der Waals surface area (Å²) in [6, 6.07) is 0. The molecular formula is C10H16N4OS. The number of aryl methyl sites for hydroxylation is 1. The minimum atomic E-state index is -0.460. The predicted octanol–water partition coefficient (Wildman–Crippen LogP) is 1.32. The Morgan fingerprint density at radius 2 is 2.31 bits per heavy atom. The summed E-state index contributed by atoms with van der Waals surface area (Å²) in [6.45, 7) is 4.71. The van der Waals surface area contributed by atoms with Crippen LogP contribution in [-0.2, 0) is 4.79 Å². The highest BCUT2D eigenvalue weighted by molar-refractivity contribution is 7.15. The second kappa shape index (κ2) is 4.47. The normalized spacial score (nSPS) is 25.4. The summed E-state index contributed by atoms with van der Waals surface area (Å²) < 4.78 is 0. The summed E-state index contributed by atoms with van der Waals surface area (Å²) in [5, 5.41) is 15.3. The molecule has 0 saturated carbocycles. The van der Waals surface area contributed by atoms with Gasteiger partial charge in [0.15, 0.2) is 0 Å². The number of aromatic nitrogens is 2. The quantitative estimate of drug-likeness (QED) is 0.818. The maximum Gasteiger partial charge on any atom is 0.246 e. The Balaban J connectivity index is 2.01. The molecule has 1 unspecified atom stereocenters. The largest absolute Gasteiger partial charge is 0.304 e. The van der Waals surface area contributed by atoms with Crippen LogP contribution in [0.25, 0.3) is 0 Å². The zero-order valence-electron chi connectivity index (χ0n) is 9.54. The SMILES string of the molecule is Cc1nnc(NC(=O)C2(C)CCCCN2)s1. The standard InChI is InChI=1S/C10H16N4OS/c1-7-13-14-9(16-7)12-8(15)10(2)5-3-4-6-11-10/h11H,3-6H2,1-2H3,(H,12,14,15). The third-order valence-electron chi connectivity index (χ3n) is 2.87. The predicted molar refractivity (Wildman–Crippen MR) is 63.5 cm³/mol. The smallest absolute Gasteiger partial charge is 0.246 e. The lowest BCUT2D eigenvalue weighted by Gasteiger charge is -2.32. The van der Waals surface area contributed by atoms with Crippen molar-refractivity contribution in [2.75, 3.05) is 11.9 Å². The van der Waals surface area contributed by atoms with Gasteiger partial charge in [-0.25, -0.2) is 0 Å². The lowest BCUT2D eigenvalue weighted by atomic mass is 9.90. The van der Waals surface area contributed by atoms with E-state index in [1.54, 1.807) is 0 Å². The van der Waals surface area contributed by atoms with E-state index in [1.165, 1.54) is 11.3 Å². The summed E-state index contributed by atoms with van der Waals surface area (Å²) in [4.78, 5) is 12.1. The van der Waals surface area contributed by atoms with Crippen molar-refractivity contribution >= 4 is 22.4 Å². The minimum Gasteiger partial charge on any atom is -0.304 e. The van der Waals surface area contributed by atoms with E-state index in [9.17, 15) is 4.79 Å². The number of anilines is 1. The first-order valence-corrected chi connectivity index (χ1v) is 6.28. The molecule has 88 valence electrons. The highest BCUT2D eigenvalue weighted by Crippen LogP contribution is 2.22. The zero-order chi connectivity index (χ0) is 11.6. The van der Waals surface area contributed by atoms with Crippen LogP contribution in [0.1, 0.15) is 31.2 Å². The molecule has 2 N–H and O–H groups in total. The van der Waals surface area contributed by atoms with Gasteiger partial charge in [0, 0.05) is 0 Å². The van der Waals surface area contributed by atoms with E-state index in [2.05, 4.69) is 20.8 Å². The Bertz CT molecular complexity index is 384. The first-order chi connectivity index (χ1) is 7.60. The molecule has 6 heteroatoms. The van der Waals surface area contributed by atoms with Crippen LogP contribution in [0.4, 0.5) is 5.13 Å². The van der Waals surface area contributed by atoms with Gasteiger partial charge in [-0.2, -0.15) is 0 Å². The van der Waals surface area contributed by atoms with Crippen molar-refractivity contribution in [1.82, 2.24) is 15.5 Å². The van der Waals surface area contributed by atoms with Crippen LogP contribution in [-0.4, -0.2) is 28.2 Å². The molecule has 5 nitrogen and oxygen atoms in total. The molecule has 0 spiro atoms. The Kier molecular flexibility index (Phi) is 3.20. The van der Waals surface area contributed by atoms with Gasteiger partial charge in [0.05, 0.1) is 5.54 Å². The molecule has 0 radical (unpaired) electrons. The molecular weight excluding hydrogens is 224 g/mol. The molecule has 1 aromatic heterocycles. The monoisotopic (exact) mass is 240 g/mol. The molecule has 1 aromatic rings. The molecule has 0 aromatic carbocycles.